The molecule has 134 valence electrons. The van der Waals surface area contributed by atoms with Gasteiger partial charge in [0, 0.05) is 38.3 Å². The molecule has 4 rings (SSSR count). The molecule has 1 aromatic heterocycles. The number of aromatic nitrogens is 2. The summed E-state index contributed by atoms with van der Waals surface area (Å²) in [5.41, 5.74) is 2.38. The quantitative estimate of drug-likeness (QED) is 0.685. The molecule has 2 aromatic carbocycles. The van der Waals surface area contributed by atoms with Crippen LogP contribution < -0.4 is 0 Å². The molecule has 0 spiro atoms. The minimum absolute atomic E-state index is 0.599. The third-order valence-corrected chi connectivity index (χ3v) is 4.87. The third kappa shape index (κ3) is 4.36. The SMILES string of the molecule is c1ccc(CCN2CCN(Cc3nnc(-c4ccccc4)o3)CC2)cc1. The van der Waals surface area contributed by atoms with Crippen LogP contribution in [-0.4, -0.2) is 52.7 Å². The van der Waals surface area contributed by atoms with Crippen LogP contribution in [-0.2, 0) is 13.0 Å². The Bertz CT molecular complexity index is 795. The van der Waals surface area contributed by atoms with Gasteiger partial charge < -0.3 is 9.32 Å². The Labute approximate surface area is 154 Å². The van der Waals surface area contributed by atoms with Crippen molar-refractivity contribution in [3.63, 3.8) is 0 Å². The second-order valence-corrected chi connectivity index (χ2v) is 6.72. The first kappa shape index (κ1) is 16.9. The van der Waals surface area contributed by atoms with Gasteiger partial charge in [0.05, 0.1) is 6.54 Å². The van der Waals surface area contributed by atoms with Crippen LogP contribution in [0.1, 0.15) is 11.5 Å². The molecule has 3 aromatic rings. The maximum Gasteiger partial charge on any atom is 0.247 e. The number of hydrogen-bond acceptors (Lipinski definition) is 5. The lowest BCUT2D eigenvalue weighted by Gasteiger charge is -2.33. The smallest absolute Gasteiger partial charge is 0.247 e. The summed E-state index contributed by atoms with van der Waals surface area (Å²) in [7, 11) is 0. The fraction of sp³-hybridized carbons (Fsp3) is 0.333. The number of piperazine rings is 1. The van der Waals surface area contributed by atoms with E-state index in [9.17, 15) is 0 Å². The average Bonchev–Trinajstić information content (AvgIpc) is 3.17. The van der Waals surface area contributed by atoms with E-state index in [2.05, 4.69) is 50.3 Å². The van der Waals surface area contributed by atoms with Crippen LogP contribution in [0.5, 0.6) is 0 Å². The van der Waals surface area contributed by atoms with Crippen LogP contribution in [0.4, 0.5) is 0 Å². The van der Waals surface area contributed by atoms with Crippen molar-refractivity contribution in [2.24, 2.45) is 0 Å². The van der Waals surface area contributed by atoms with Crippen LogP contribution in [0.2, 0.25) is 0 Å². The molecule has 5 nitrogen and oxygen atoms in total. The van der Waals surface area contributed by atoms with E-state index in [1.807, 2.05) is 30.3 Å². The molecule has 1 aliphatic heterocycles. The van der Waals surface area contributed by atoms with Crippen molar-refractivity contribution in [1.82, 2.24) is 20.0 Å². The maximum atomic E-state index is 5.83. The first-order valence-electron chi connectivity index (χ1n) is 9.23. The second kappa shape index (κ2) is 8.25. The summed E-state index contributed by atoms with van der Waals surface area (Å²) in [6.07, 6.45) is 1.12. The summed E-state index contributed by atoms with van der Waals surface area (Å²) in [6, 6.07) is 20.6. The van der Waals surface area contributed by atoms with Gasteiger partial charge in [-0.2, -0.15) is 0 Å². The Hall–Kier alpha value is -2.50. The Morgan fingerprint density at radius 3 is 2.15 bits per heavy atom. The maximum absolute atomic E-state index is 5.83. The molecular weight excluding hydrogens is 324 g/mol. The largest absolute Gasteiger partial charge is 0.419 e. The molecule has 0 N–H and O–H groups in total. The first-order valence-corrected chi connectivity index (χ1v) is 9.23. The monoisotopic (exact) mass is 348 g/mol. The molecular formula is C21H24N4O. The van der Waals surface area contributed by atoms with E-state index >= 15 is 0 Å². The molecule has 0 amide bonds. The van der Waals surface area contributed by atoms with Crippen LogP contribution in [0.15, 0.2) is 65.1 Å². The fourth-order valence-electron chi connectivity index (χ4n) is 3.31. The number of nitrogens with zero attached hydrogens (tertiary/aromatic N) is 4. The molecule has 0 bridgehead atoms. The highest BCUT2D eigenvalue weighted by molar-refractivity contribution is 5.51. The van der Waals surface area contributed by atoms with Gasteiger partial charge in [-0.25, -0.2) is 0 Å². The Balaban J connectivity index is 1.25. The molecule has 1 fully saturated rings. The van der Waals surface area contributed by atoms with Crippen LogP contribution in [0, 0.1) is 0 Å². The van der Waals surface area contributed by atoms with Gasteiger partial charge in [-0.3, -0.25) is 4.90 Å². The van der Waals surface area contributed by atoms with Crippen LogP contribution >= 0.6 is 0 Å². The molecule has 1 saturated heterocycles. The van der Waals surface area contributed by atoms with Crippen LogP contribution in [0.25, 0.3) is 11.5 Å². The highest BCUT2D eigenvalue weighted by Crippen LogP contribution is 2.18. The van der Waals surface area contributed by atoms with E-state index in [0.717, 1.165) is 51.3 Å². The van der Waals surface area contributed by atoms with Gasteiger partial charge in [0.25, 0.3) is 0 Å². The Morgan fingerprint density at radius 2 is 1.42 bits per heavy atom. The first-order chi connectivity index (χ1) is 12.9. The van der Waals surface area contributed by atoms with Crippen LogP contribution in [0.3, 0.4) is 0 Å². The molecule has 26 heavy (non-hydrogen) atoms. The number of hydrogen-bond donors (Lipinski definition) is 0. The molecule has 1 aliphatic rings. The summed E-state index contributed by atoms with van der Waals surface area (Å²) in [6.45, 7) is 6.11. The summed E-state index contributed by atoms with van der Waals surface area (Å²) in [5.74, 6) is 1.30. The van der Waals surface area contributed by atoms with E-state index in [1.165, 1.54) is 5.56 Å². The molecule has 0 atom stereocenters. The van der Waals surface area contributed by atoms with Gasteiger partial charge in [0.1, 0.15) is 0 Å². The zero-order valence-electron chi connectivity index (χ0n) is 14.9. The third-order valence-electron chi connectivity index (χ3n) is 4.87. The lowest BCUT2D eigenvalue weighted by Crippen LogP contribution is -2.46. The fourth-order valence-corrected chi connectivity index (χ4v) is 3.31. The predicted molar refractivity (Wildman–Crippen MR) is 102 cm³/mol. The summed E-state index contributed by atoms with van der Waals surface area (Å²) < 4.78 is 5.83. The lowest BCUT2D eigenvalue weighted by atomic mass is 10.1. The number of rotatable bonds is 6. The van der Waals surface area contributed by atoms with Crippen molar-refractivity contribution < 1.29 is 4.42 Å². The topological polar surface area (TPSA) is 45.4 Å². The summed E-state index contributed by atoms with van der Waals surface area (Å²) in [5, 5.41) is 8.39. The molecule has 0 unspecified atom stereocenters. The van der Waals surface area contributed by atoms with Gasteiger partial charge in [-0.1, -0.05) is 48.5 Å². The molecule has 2 heterocycles. The minimum atomic E-state index is 0.599. The van der Waals surface area contributed by atoms with Crippen molar-refractivity contribution in [2.75, 3.05) is 32.7 Å². The summed E-state index contributed by atoms with van der Waals surface area (Å²) in [4.78, 5) is 4.92. The lowest BCUT2D eigenvalue weighted by molar-refractivity contribution is 0.120. The van der Waals surface area contributed by atoms with E-state index in [4.69, 9.17) is 4.42 Å². The van der Waals surface area contributed by atoms with Crippen molar-refractivity contribution in [3.8, 4) is 11.5 Å². The summed E-state index contributed by atoms with van der Waals surface area (Å²) >= 11 is 0. The van der Waals surface area contributed by atoms with Crippen molar-refractivity contribution in [2.45, 2.75) is 13.0 Å². The molecule has 0 aliphatic carbocycles. The van der Waals surface area contributed by atoms with Gasteiger partial charge in [0.2, 0.25) is 11.8 Å². The van der Waals surface area contributed by atoms with Gasteiger partial charge in [-0.05, 0) is 24.1 Å². The standard InChI is InChI=1S/C21H24N4O/c1-3-7-18(8-4-1)11-12-24-13-15-25(16-14-24)17-20-22-23-21(26-20)19-9-5-2-6-10-19/h1-10H,11-17H2. The average molecular weight is 348 g/mol. The van der Waals surface area contributed by atoms with Gasteiger partial charge >= 0.3 is 0 Å². The normalized spacial score (nSPS) is 16.0. The molecule has 5 heteroatoms. The predicted octanol–water partition coefficient (Wildman–Crippen LogP) is 3.10. The van der Waals surface area contributed by atoms with Crippen molar-refractivity contribution in [1.29, 1.82) is 0 Å². The second-order valence-electron chi connectivity index (χ2n) is 6.72. The van der Waals surface area contributed by atoms with Gasteiger partial charge in [0.15, 0.2) is 0 Å². The van der Waals surface area contributed by atoms with E-state index in [0.29, 0.717) is 11.8 Å². The minimum Gasteiger partial charge on any atom is -0.419 e. The highest BCUT2D eigenvalue weighted by Gasteiger charge is 2.19. The van der Waals surface area contributed by atoms with Crippen molar-refractivity contribution in [3.05, 3.63) is 72.1 Å². The van der Waals surface area contributed by atoms with E-state index in [-0.39, 0.29) is 0 Å². The highest BCUT2D eigenvalue weighted by atomic mass is 16.4. The zero-order chi connectivity index (χ0) is 17.6. The Morgan fingerprint density at radius 1 is 0.769 bits per heavy atom. The van der Waals surface area contributed by atoms with E-state index in [1.54, 1.807) is 0 Å². The number of benzene rings is 2. The van der Waals surface area contributed by atoms with Gasteiger partial charge in [-0.15, -0.1) is 10.2 Å². The van der Waals surface area contributed by atoms with E-state index < -0.39 is 0 Å². The van der Waals surface area contributed by atoms with Crippen molar-refractivity contribution >= 4 is 0 Å². The zero-order valence-corrected chi connectivity index (χ0v) is 14.9. The molecule has 0 radical (unpaired) electrons. The Kier molecular flexibility index (Phi) is 5.38. The molecule has 0 saturated carbocycles.